The van der Waals surface area contributed by atoms with E-state index in [4.69, 9.17) is 0 Å². The van der Waals surface area contributed by atoms with Gasteiger partial charge < -0.3 is 4.57 Å². The van der Waals surface area contributed by atoms with Crippen molar-refractivity contribution in [3.05, 3.63) is 169 Å². The first-order valence-electron chi connectivity index (χ1n) is 15.7. The fourth-order valence-electron chi connectivity index (χ4n) is 6.83. The first-order chi connectivity index (χ1) is 23.7. The van der Waals surface area contributed by atoms with E-state index in [-0.39, 0.29) is 11.8 Å². The SMILES string of the molecule is O=C1c2cccc(-n3c4cc(-c5cccnc5)ccc4c4ccc(-c5cccnc5)cc43)c2C(=O)N1c1ccc(-c2ccccc2)cc1. The zero-order valence-electron chi connectivity index (χ0n) is 25.6. The topological polar surface area (TPSA) is 68.1 Å². The van der Waals surface area contributed by atoms with E-state index in [2.05, 4.69) is 50.9 Å². The molecular formula is C42H26N4O2. The summed E-state index contributed by atoms with van der Waals surface area (Å²) in [5.41, 5.74) is 9.86. The summed E-state index contributed by atoms with van der Waals surface area (Å²) in [6, 6.07) is 43.7. The average Bonchev–Trinajstić information content (AvgIpc) is 3.62. The Bertz CT molecular complexity index is 2430. The molecule has 6 heteroatoms. The van der Waals surface area contributed by atoms with E-state index in [0.717, 1.165) is 55.2 Å². The van der Waals surface area contributed by atoms with Crippen molar-refractivity contribution >= 4 is 39.3 Å². The van der Waals surface area contributed by atoms with Crippen LogP contribution in [-0.4, -0.2) is 26.3 Å². The molecule has 0 bridgehead atoms. The molecule has 0 saturated heterocycles. The van der Waals surface area contributed by atoms with Crippen molar-refractivity contribution < 1.29 is 9.59 Å². The highest BCUT2D eigenvalue weighted by atomic mass is 16.2. The van der Waals surface area contributed by atoms with Crippen LogP contribution in [0.3, 0.4) is 0 Å². The Morgan fingerprint density at radius 3 is 1.60 bits per heavy atom. The molecule has 0 saturated carbocycles. The third kappa shape index (κ3) is 4.35. The Labute approximate surface area is 276 Å². The fraction of sp³-hybridized carbons (Fsp3) is 0. The molecule has 3 aromatic heterocycles. The third-order valence-corrected chi connectivity index (χ3v) is 9.12. The third-order valence-electron chi connectivity index (χ3n) is 9.12. The van der Waals surface area contributed by atoms with Crippen LogP contribution in [0.25, 0.3) is 60.9 Å². The summed E-state index contributed by atoms with van der Waals surface area (Å²) in [6.45, 7) is 0. The Morgan fingerprint density at radius 2 is 1.02 bits per heavy atom. The second-order valence-corrected chi connectivity index (χ2v) is 11.8. The summed E-state index contributed by atoms with van der Waals surface area (Å²) in [5, 5.41) is 2.08. The number of carbonyl (C=O) groups excluding carboxylic acids is 2. The molecule has 1 aliphatic heterocycles. The Kier molecular flexibility index (Phi) is 6.33. The summed E-state index contributed by atoms with van der Waals surface area (Å²) >= 11 is 0. The minimum absolute atomic E-state index is 0.336. The van der Waals surface area contributed by atoms with Gasteiger partial charge in [-0.2, -0.15) is 0 Å². The first kappa shape index (κ1) is 27.6. The highest BCUT2D eigenvalue weighted by Gasteiger charge is 2.39. The number of anilines is 1. The smallest absolute Gasteiger partial charge is 0.268 e. The highest BCUT2D eigenvalue weighted by molar-refractivity contribution is 6.35. The zero-order valence-corrected chi connectivity index (χ0v) is 25.6. The molecule has 8 aromatic rings. The van der Waals surface area contributed by atoms with Crippen LogP contribution in [0.2, 0.25) is 0 Å². The normalized spacial score (nSPS) is 12.6. The molecule has 2 amide bonds. The van der Waals surface area contributed by atoms with Crippen LogP contribution in [-0.2, 0) is 0 Å². The van der Waals surface area contributed by atoms with Crippen LogP contribution < -0.4 is 4.90 Å². The van der Waals surface area contributed by atoms with Crippen molar-refractivity contribution in [2.24, 2.45) is 0 Å². The maximum Gasteiger partial charge on any atom is 0.268 e. The molecular weight excluding hydrogens is 592 g/mol. The van der Waals surface area contributed by atoms with E-state index in [1.54, 1.807) is 18.5 Å². The van der Waals surface area contributed by atoms with Gasteiger partial charge in [0.25, 0.3) is 11.8 Å². The van der Waals surface area contributed by atoms with Gasteiger partial charge in [0.05, 0.1) is 33.5 Å². The minimum atomic E-state index is -0.347. The summed E-state index contributed by atoms with van der Waals surface area (Å²) < 4.78 is 2.12. The van der Waals surface area contributed by atoms with Gasteiger partial charge in [0.15, 0.2) is 0 Å². The number of pyridine rings is 2. The Hall–Kier alpha value is -6.66. The fourth-order valence-corrected chi connectivity index (χ4v) is 6.83. The van der Waals surface area contributed by atoms with Gasteiger partial charge in [-0.25, -0.2) is 4.90 Å². The molecule has 5 aromatic carbocycles. The molecule has 226 valence electrons. The van der Waals surface area contributed by atoms with Crippen LogP contribution in [0.15, 0.2) is 158 Å². The first-order valence-corrected chi connectivity index (χ1v) is 15.7. The lowest BCUT2D eigenvalue weighted by atomic mass is 10.0. The van der Waals surface area contributed by atoms with Gasteiger partial charge in [-0.3, -0.25) is 19.6 Å². The van der Waals surface area contributed by atoms with Crippen LogP contribution >= 0.6 is 0 Å². The lowest BCUT2D eigenvalue weighted by molar-refractivity contribution is 0.0926. The van der Waals surface area contributed by atoms with Crippen molar-refractivity contribution in [1.82, 2.24) is 14.5 Å². The van der Waals surface area contributed by atoms with E-state index < -0.39 is 0 Å². The van der Waals surface area contributed by atoms with E-state index in [1.165, 1.54) is 4.90 Å². The second-order valence-electron chi connectivity index (χ2n) is 11.8. The summed E-state index contributed by atoms with van der Waals surface area (Å²) in [7, 11) is 0. The predicted molar refractivity (Wildman–Crippen MR) is 190 cm³/mol. The molecule has 0 atom stereocenters. The number of benzene rings is 5. The van der Waals surface area contributed by atoms with Gasteiger partial charge in [0, 0.05) is 46.7 Å². The van der Waals surface area contributed by atoms with Gasteiger partial charge in [0.2, 0.25) is 0 Å². The van der Waals surface area contributed by atoms with Gasteiger partial charge in [-0.1, -0.05) is 84.9 Å². The molecule has 4 heterocycles. The molecule has 0 aliphatic carbocycles. The molecule has 0 spiro atoms. The monoisotopic (exact) mass is 618 g/mol. The number of carbonyl (C=O) groups is 2. The van der Waals surface area contributed by atoms with Gasteiger partial charge >= 0.3 is 0 Å². The minimum Gasteiger partial charge on any atom is -0.308 e. The number of rotatable bonds is 5. The molecule has 6 nitrogen and oxygen atoms in total. The molecule has 48 heavy (non-hydrogen) atoms. The Balaban J connectivity index is 1.24. The van der Waals surface area contributed by atoms with Gasteiger partial charge in [0.1, 0.15) is 0 Å². The summed E-state index contributed by atoms with van der Waals surface area (Å²) in [6.07, 6.45) is 7.21. The van der Waals surface area contributed by atoms with E-state index in [9.17, 15) is 9.59 Å². The number of fused-ring (bicyclic) bond motifs is 4. The molecule has 0 radical (unpaired) electrons. The second kappa shape index (κ2) is 11.0. The largest absolute Gasteiger partial charge is 0.308 e. The van der Waals surface area contributed by atoms with Crippen molar-refractivity contribution in [2.75, 3.05) is 4.90 Å². The summed E-state index contributed by atoms with van der Waals surface area (Å²) in [4.78, 5) is 38.3. The summed E-state index contributed by atoms with van der Waals surface area (Å²) in [5.74, 6) is -0.683. The number of nitrogens with zero attached hydrogens (tertiary/aromatic N) is 4. The standard InChI is InChI=1S/C42H26N4O2/c47-41-36-11-4-12-37(40(36)42(48)45(41)33-17-13-28(14-18-33)27-7-2-1-3-8-27)46-38-23-29(31-9-5-21-43-25-31)15-19-34(38)35-20-16-30(24-39(35)46)32-10-6-22-44-26-32/h1-26H. The van der Waals surface area contributed by atoms with Crippen LogP contribution in [0.5, 0.6) is 0 Å². The number of aromatic nitrogens is 3. The average molecular weight is 619 g/mol. The van der Waals surface area contributed by atoms with Crippen LogP contribution in [0.4, 0.5) is 5.69 Å². The molecule has 1 aliphatic rings. The zero-order chi connectivity index (χ0) is 32.2. The van der Waals surface area contributed by atoms with E-state index >= 15 is 0 Å². The molecule has 9 rings (SSSR count). The number of hydrogen-bond donors (Lipinski definition) is 0. The van der Waals surface area contributed by atoms with Crippen molar-refractivity contribution in [1.29, 1.82) is 0 Å². The lowest BCUT2D eigenvalue weighted by Crippen LogP contribution is -2.29. The van der Waals surface area contributed by atoms with E-state index in [1.807, 2.05) is 103 Å². The van der Waals surface area contributed by atoms with Crippen LogP contribution in [0.1, 0.15) is 20.7 Å². The quantitative estimate of drug-likeness (QED) is 0.180. The van der Waals surface area contributed by atoms with Crippen molar-refractivity contribution in [3.63, 3.8) is 0 Å². The van der Waals surface area contributed by atoms with E-state index in [0.29, 0.717) is 22.5 Å². The number of amides is 2. The molecule has 0 N–H and O–H groups in total. The highest BCUT2D eigenvalue weighted by Crippen LogP contribution is 2.40. The lowest BCUT2D eigenvalue weighted by Gasteiger charge is -2.15. The molecule has 0 fully saturated rings. The number of imide groups is 1. The maximum atomic E-state index is 14.4. The van der Waals surface area contributed by atoms with Gasteiger partial charge in [-0.05, 0) is 70.8 Å². The maximum absolute atomic E-state index is 14.4. The Morgan fingerprint density at radius 1 is 0.458 bits per heavy atom. The predicted octanol–water partition coefficient (Wildman–Crippen LogP) is 9.38. The molecule has 0 unspecified atom stereocenters. The number of hydrogen-bond acceptors (Lipinski definition) is 4. The van der Waals surface area contributed by atoms with Crippen LogP contribution in [0, 0.1) is 0 Å². The van der Waals surface area contributed by atoms with Crippen molar-refractivity contribution in [3.8, 4) is 39.1 Å². The van der Waals surface area contributed by atoms with Gasteiger partial charge in [-0.15, -0.1) is 0 Å². The van der Waals surface area contributed by atoms with Crippen molar-refractivity contribution in [2.45, 2.75) is 0 Å².